The summed E-state index contributed by atoms with van der Waals surface area (Å²) in [7, 11) is 1.28. The van der Waals surface area contributed by atoms with E-state index in [0.717, 1.165) is 24.2 Å². The quantitative estimate of drug-likeness (QED) is 0.147. The van der Waals surface area contributed by atoms with E-state index in [4.69, 9.17) is 20.0 Å². The molecule has 3 heterocycles. The van der Waals surface area contributed by atoms with Crippen LogP contribution >= 0.6 is 23.1 Å². The third kappa shape index (κ3) is 6.05. The highest BCUT2D eigenvalue weighted by Gasteiger charge is 2.54. The number of β-lactam (4-membered cyclic amide) rings is 1. The maximum atomic E-state index is 13.1. The predicted molar refractivity (Wildman–Crippen MR) is 133 cm³/mol. The van der Waals surface area contributed by atoms with Gasteiger partial charge in [0.15, 0.2) is 10.8 Å². The molecule has 0 spiro atoms. The zero-order valence-electron chi connectivity index (χ0n) is 20.2. The molecule has 2 aliphatic heterocycles. The minimum absolute atomic E-state index is 0.0543. The molecule has 1 aromatic heterocycles. The van der Waals surface area contributed by atoms with Crippen LogP contribution in [0.15, 0.2) is 34.0 Å². The topological polar surface area (TPSA) is 163 Å². The number of fused-ring (bicyclic) bond motifs is 1. The van der Waals surface area contributed by atoms with Crippen molar-refractivity contribution in [1.82, 2.24) is 15.2 Å². The Bertz CT molecular complexity index is 1130. The Morgan fingerprint density at radius 1 is 1.39 bits per heavy atom. The molecule has 0 aliphatic carbocycles. The van der Waals surface area contributed by atoms with Crippen molar-refractivity contribution in [2.45, 2.75) is 51.3 Å². The van der Waals surface area contributed by atoms with Crippen molar-refractivity contribution >= 4 is 57.7 Å². The third-order valence-electron chi connectivity index (χ3n) is 5.02. The number of unbranched alkanes of at least 4 members (excludes halogenated alkanes) is 1. The maximum Gasteiger partial charge on any atom is 0.358 e. The summed E-state index contributed by atoms with van der Waals surface area (Å²) in [4.78, 5) is 60.4. The molecule has 14 heteroatoms. The lowest BCUT2D eigenvalue weighted by Gasteiger charge is -2.49. The van der Waals surface area contributed by atoms with E-state index in [1.165, 1.54) is 37.6 Å². The number of oxime groups is 1. The second-order valence-corrected chi connectivity index (χ2v) is 9.70. The van der Waals surface area contributed by atoms with Gasteiger partial charge in [-0.25, -0.2) is 9.78 Å². The molecule has 2 aliphatic rings. The van der Waals surface area contributed by atoms with Crippen LogP contribution in [-0.4, -0.2) is 69.9 Å². The molecule has 2 amide bonds. The molecule has 3 N–H and O–H groups in total. The Morgan fingerprint density at radius 2 is 2.14 bits per heavy atom. The number of nitrogen functional groups attached to an aromatic ring is 1. The number of nitrogens with two attached hydrogens (primary N) is 1. The Labute approximate surface area is 215 Å². The van der Waals surface area contributed by atoms with Crippen LogP contribution in [0, 0.1) is 0 Å². The van der Waals surface area contributed by atoms with Gasteiger partial charge in [0.05, 0.1) is 0 Å². The number of ether oxygens (including phenoxy) is 2. The van der Waals surface area contributed by atoms with Gasteiger partial charge in [-0.1, -0.05) is 30.7 Å². The van der Waals surface area contributed by atoms with Crippen LogP contribution in [0.25, 0.3) is 0 Å². The van der Waals surface area contributed by atoms with E-state index in [-0.39, 0.29) is 22.2 Å². The number of nitrogens with one attached hydrogen (secondary N) is 1. The Morgan fingerprint density at radius 3 is 2.75 bits per heavy atom. The van der Waals surface area contributed by atoms with Gasteiger partial charge in [0.1, 0.15) is 29.9 Å². The van der Waals surface area contributed by atoms with Gasteiger partial charge in [-0.15, -0.1) is 23.1 Å². The fraction of sp³-hybridized carbons (Fsp3) is 0.455. The van der Waals surface area contributed by atoms with Gasteiger partial charge in [0.2, 0.25) is 6.29 Å². The first-order chi connectivity index (χ1) is 17.2. The number of nitrogens with zero attached hydrogens (tertiary/aromatic N) is 3. The summed E-state index contributed by atoms with van der Waals surface area (Å²) in [6, 6.07) is -0.921. The van der Waals surface area contributed by atoms with Crippen molar-refractivity contribution in [3.8, 4) is 0 Å². The fourth-order valence-electron chi connectivity index (χ4n) is 3.52. The second-order valence-electron chi connectivity index (χ2n) is 7.70. The van der Waals surface area contributed by atoms with Crippen molar-refractivity contribution in [2.24, 2.45) is 5.16 Å². The molecule has 1 fully saturated rings. The summed E-state index contributed by atoms with van der Waals surface area (Å²) in [5, 5.41) is 7.62. The first kappa shape index (κ1) is 27.2. The number of hydrogen-bond acceptors (Lipinski definition) is 12. The number of carbonyl (C=O) groups excluding carboxylic acids is 4. The molecule has 12 nitrogen and oxygen atoms in total. The van der Waals surface area contributed by atoms with E-state index in [0.29, 0.717) is 11.3 Å². The van der Waals surface area contributed by atoms with Gasteiger partial charge in [0.25, 0.3) is 11.8 Å². The van der Waals surface area contributed by atoms with Gasteiger partial charge in [-0.3, -0.25) is 19.3 Å². The van der Waals surface area contributed by atoms with Crippen molar-refractivity contribution < 1.29 is 33.5 Å². The minimum atomic E-state index is -1.14. The molecule has 194 valence electrons. The monoisotopic (exact) mass is 537 g/mol. The summed E-state index contributed by atoms with van der Waals surface area (Å²) >= 11 is 2.52. The number of esters is 2. The number of aromatic nitrogens is 1. The highest BCUT2D eigenvalue weighted by Crippen LogP contribution is 2.41. The zero-order valence-corrected chi connectivity index (χ0v) is 21.8. The number of amides is 2. The summed E-state index contributed by atoms with van der Waals surface area (Å²) < 4.78 is 10.2. The number of allylic oxidation sites excluding steroid dienone is 2. The molecule has 1 saturated heterocycles. The van der Waals surface area contributed by atoms with Crippen LogP contribution in [0.1, 0.15) is 39.3 Å². The van der Waals surface area contributed by atoms with E-state index in [2.05, 4.69) is 15.5 Å². The molecule has 0 bridgehead atoms. The first-order valence-electron chi connectivity index (χ1n) is 11.0. The second kappa shape index (κ2) is 12.0. The number of anilines is 1. The molecule has 0 saturated carbocycles. The van der Waals surface area contributed by atoms with Crippen LogP contribution in [0.4, 0.5) is 5.13 Å². The van der Waals surface area contributed by atoms with Crippen LogP contribution in [0.3, 0.4) is 0 Å². The lowest BCUT2D eigenvalue weighted by atomic mass is 10.0. The van der Waals surface area contributed by atoms with Crippen LogP contribution in [0.2, 0.25) is 0 Å². The SMILES string of the molecule is CCC/C=C/C1=C(C(=O)OC(C)OC(C)=O)N2C(=O)[C@@H](NC(=O)/C(=N\OC)c3csc(N)n3)[C@@H]2SC1. The number of thiazole rings is 1. The lowest BCUT2D eigenvalue weighted by molar-refractivity contribution is -0.182. The highest BCUT2D eigenvalue weighted by molar-refractivity contribution is 8.00. The number of thioether (sulfide) groups is 1. The van der Waals surface area contributed by atoms with Crippen LogP contribution in [-0.2, 0) is 33.5 Å². The van der Waals surface area contributed by atoms with Gasteiger partial charge in [0, 0.05) is 25.0 Å². The Balaban J connectivity index is 1.82. The highest BCUT2D eigenvalue weighted by atomic mass is 32.2. The first-order valence-corrected chi connectivity index (χ1v) is 13.0. The Hall–Kier alpha value is -3.39. The van der Waals surface area contributed by atoms with E-state index >= 15 is 0 Å². The third-order valence-corrected chi connectivity index (χ3v) is 7.00. The Kier molecular flexibility index (Phi) is 9.09. The molecule has 1 aromatic rings. The van der Waals surface area contributed by atoms with E-state index in [1.54, 1.807) is 11.5 Å². The zero-order chi connectivity index (χ0) is 26.4. The van der Waals surface area contributed by atoms with E-state index in [1.807, 2.05) is 13.0 Å². The van der Waals surface area contributed by atoms with E-state index < -0.39 is 41.5 Å². The fourth-order valence-corrected chi connectivity index (χ4v) is 5.38. The van der Waals surface area contributed by atoms with Gasteiger partial charge in [-0.05, 0) is 12.0 Å². The molecular weight excluding hydrogens is 510 g/mol. The van der Waals surface area contributed by atoms with E-state index in [9.17, 15) is 19.2 Å². The van der Waals surface area contributed by atoms with Gasteiger partial charge >= 0.3 is 11.9 Å². The van der Waals surface area contributed by atoms with Crippen molar-refractivity contribution in [3.63, 3.8) is 0 Å². The number of rotatable bonds is 10. The van der Waals surface area contributed by atoms with Crippen molar-refractivity contribution in [3.05, 3.63) is 34.5 Å². The van der Waals surface area contributed by atoms with Crippen LogP contribution < -0.4 is 11.1 Å². The maximum absolute atomic E-state index is 13.1. The predicted octanol–water partition coefficient (Wildman–Crippen LogP) is 1.54. The molecule has 3 atom stereocenters. The summed E-state index contributed by atoms with van der Waals surface area (Å²) in [6.07, 6.45) is 4.26. The molecular formula is C22H27N5O7S2. The average molecular weight is 538 g/mol. The molecule has 0 radical (unpaired) electrons. The summed E-state index contributed by atoms with van der Waals surface area (Å²) in [6.45, 7) is 4.63. The minimum Gasteiger partial charge on any atom is -0.426 e. The number of hydrogen-bond donors (Lipinski definition) is 2. The standard InChI is InChI=1S/C22H27N5O7S2/c1-5-6-7-8-13-9-35-20-16(25-18(29)15(26-32-4)14-10-36-22(23)24-14)19(30)27(20)17(13)21(31)34-12(3)33-11(2)28/h7-8,10,12,16,20H,5-6,9H2,1-4H3,(H2,23,24)(H,25,29)/b8-7+,26-15-/t12?,16-,20+/m1/s1. The largest absolute Gasteiger partial charge is 0.426 e. The molecule has 1 unspecified atom stereocenters. The van der Waals surface area contributed by atoms with Gasteiger partial charge < -0.3 is 25.4 Å². The molecule has 0 aromatic carbocycles. The van der Waals surface area contributed by atoms with Crippen LogP contribution in [0.5, 0.6) is 0 Å². The normalized spacial score (nSPS) is 20.5. The average Bonchev–Trinajstić information content (AvgIpc) is 3.25. The summed E-state index contributed by atoms with van der Waals surface area (Å²) in [5.41, 5.74) is 6.39. The number of carbonyl (C=O) groups is 4. The molecule has 3 rings (SSSR count). The van der Waals surface area contributed by atoms with Crippen molar-refractivity contribution in [2.75, 3.05) is 18.6 Å². The smallest absolute Gasteiger partial charge is 0.358 e. The lowest BCUT2D eigenvalue weighted by Crippen LogP contribution is -2.71. The van der Waals surface area contributed by atoms with Gasteiger partial charge in [-0.2, -0.15) is 0 Å². The molecule has 36 heavy (non-hydrogen) atoms. The summed E-state index contributed by atoms with van der Waals surface area (Å²) in [5.74, 6) is -2.19. The van der Waals surface area contributed by atoms with Crippen molar-refractivity contribution in [1.29, 1.82) is 0 Å².